The van der Waals surface area contributed by atoms with Gasteiger partial charge in [-0.05, 0) is 32.1 Å². The van der Waals surface area contributed by atoms with Crippen molar-refractivity contribution in [2.45, 2.75) is 277 Å². The molecule has 0 radical (unpaired) electrons. The standard InChI is InChI=1S/C46H92O2/c1-5-7-8-9-10-11-12-13-14-16-19-22-25-28-31-34-37-40-44(6-2)46(48)42-39-36-33-30-27-24-21-18-15-17-20-23-26-29-32-35-38-41-45(47)43(3)4/h44-48H,3,5-42H2,1-2,4H3/t44-,45+,46+/m0/s1. The van der Waals surface area contributed by atoms with Crippen LogP contribution in [0.15, 0.2) is 12.2 Å². The maximum atomic E-state index is 10.8. The van der Waals surface area contributed by atoms with Gasteiger partial charge in [0.05, 0.1) is 12.2 Å². The van der Waals surface area contributed by atoms with Gasteiger partial charge in [0.1, 0.15) is 0 Å². The molecule has 0 saturated carbocycles. The summed E-state index contributed by atoms with van der Waals surface area (Å²) in [5.41, 5.74) is 0.906. The topological polar surface area (TPSA) is 40.5 Å². The van der Waals surface area contributed by atoms with Gasteiger partial charge in [0, 0.05) is 0 Å². The highest BCUT2D eigenvalue weighted by Gasteiger charge is 2.16. The van der Waals surface area contributed by atoms with Crippen molar-refractivity contribution in [2.75, 3.05) is 0 Å². The van der Waals surface area contributed by atoms with Gasteiger partial charge in [0.2, 0.25) is 0 Å². The Bertz CT molecular complexity index is 615. The van der Waals surface area contributed by atoms with E-state index in [-0.39, 0.29) is 12.2 Å². The second-order valence-electron chi connectivity index (χ2n) is 16.1. The van der Waals surface area contributed by atoms with Crippen molar-refractivity contribution in [1.82, 2.24) is 0 Å². The second kappa shape index (κ2) is 39.4. The van der Waals surface area contributed by atoms with Crippen LogP contribution in [0.3, 0.4) is 0 Å². The first-order valence-electron chi connectivity index (χ1n) is 22.5. The Kier molecular flexibility index (Phi) is 39.2. The van der Waals surface area contributed by atoms with Gasteiger partial charge in [-0.25, -0.2) is 0 Å². The van der Waals surface area contributed by atoms with Gasteiger partial charge >= 0.3 is 0 Å². The lowest BCUT2D eigenvalue weighted by atomic mass is 9.89. The van der Waals surface area contributed by atoms with Crippen molar-refractivity contribution in [2.24, 2.45) is 5.92 Å². The van der Waals surface area contributed by atoms with Crippen LogP contribution in [0, 0.1) is 5.92 Å². The van der Waals surface area contributed by atoms with Crippen molar-refractivity contribution in [3.05, 3.63) is 12.2 Å². The summed E-state index contributed by atoms with van der Waals surface area (Å²) in [6.07, 6.45) is 51.3. The van der Waals surface area contributed by atoms with E-state index in [1.807, 2.05) is 6.92 Å². The van der Waals surface area contributed by atoms with E-state index in [1.165, 1.54) is 218 Å². The molecule has 0 aromatic heterocycles. The fourth-order valence-corrected chi connectivity index (χ4v) is 7.62. The summed E-state index contributed by atoms with van der Waals surface area (Å²) >= 11 is 0. The zero-order chi connectivity index (χ0) is 35.2. The van der Waals surface area contributed by atoms with Gasteiger partial charge < -0.3 is 10.2 Å². The Morgan fingerprint density at radius 2 is 0.625 bits per heavy atom. The third kappa shape index (κ3) is 35.5. The molecule has 0 aromatic carbocycles. The van der Waals surface area contributed by atoms with Crippen molar-refractivity contribution < 1.29 is 10.2 Å². The molecule has 0 aromatic rings. The van der Waals surface area contributed by atoms with Gasteiger partial charge in [-0.1, -0.05) is 251 Å². The molecule has 3 atom stereocenters. The molecule has 48 heavy (non-hydrogen) atoms. The van der Waals surface area contributed by atoms with Crippen LogP contribution in [0.4, 0.5) is 0 Å². The third-order valence-electron chi connectivity index (χ3n) is 11.3. The SMILES string of the molecule is C=C(C)[C@H](O)CCCCCCCCCCCCCCCCCCC[C@@H](O)[C@@H](CC)CCCCCCCCCCCCCCCCCCC. The maximum absolute atomic E-state index is 10.8. The maximum Gasteiger partial charge on any atom is 0.0744 e. The summed E-state index contributed by atoms with van der Waals surface area (Å²) in [6, 6.07) is 0. The van der Waals surface area contributed by atoms with E-state index < -0.39 is 0 Å². The number of rotatable bonds is 41. The molecule has 0 aliphatic rings. The van der Waals surface area contributed by atoms with E-state index in [2.05, 4.69) is 20.4 Å². The van der Waals surface area contributed by atoms with E-state index in [0.717, 1.165) is 31.3 Å². The quantitative estimate of drug-likeness (QED) is 0.0500. The Balaban J connectivity index is 3.37. The largest absolute Gasteiger partial charge is 0.393 e. The van der Waals surface area contributed by atoms with E-state index in [0.29, 0.717) is 5.92 Å². The molecule has 0 heterocycles. The predicted molar refractivity (Wildman–Crippen MR) is 217 cm³/mol. The zero-order valence-corrected chi connectivity index (χ0v) is 33.7. The number of hydrogen-bond acceptors (Lipinski definition) is 2. The van der Waals surface area contributed by atoms with Crippen LogP contribution >= 0.6 is 0 Å². The Hall–Kier alpha value is -0.340. The van der Waals surface area contributed by atoms with E-state index in [4.69, 9.17) is 0 Å². The van der Waals surface area contributed by atoms with Gasteiger partial charge in [-0.3, -0.25) is 0 Å². The Labute approximate surface area is 304 Å². The van der Waals surface area contributed by atoms with Gasteiger partial charge in [-0.15, -0.1) is 0 Å². The van der Waals surface area contributed by atoms with Gasteiger partial charge in [0.25, 0.3) is 0 Å². The third-order valence-corrected chi connectivity index (χ3v) is 11.3. The Morgan fingerprint density at radius 1 is 0.375 bits per heavy atom. The highest BCUT2D eigenvalue weighted by Crippen LogP contribution is 2.23. The molecular formula is C46H92O2. The summed E-state index contributed by atoms with van der Waals surface area (Å²) < 4.78 is 0. The lowest BCUT2D eigenvalue weighted by Gasteiger charge is -2.21. The smallest absolute Gasteiger partial charge is 0.0744 e. The molecule has 2 heteroatoms. The summed E-state index contributed by atoms with van der Waals surface area (Å²) in [5.74, 6) is 0.527. The molecule has 0 aliphatic carbocycles. The van der Waals surface area contributed by atoms with Crippen LogP contribution in [0.25, 0.3) is 0 Å². The number of aliphatic hydroxyl groups is 2. The summed E-state index contributed by atoms with van der Waals surface area (Å²) in [6.45, 7) is 10.3. The molecule has 0 amide bonds. The van der Waals surface area contributed by atoms with Crippen molar-refractivity contribution in [1.29, 1.82) is 0 Å². The molecule has 0 aliphatic heterocycles. The van der Waals surface area contributed by atoms with Crippen LogP contribution in [0.1, 0.15) is 265 Å². The van der Waals surface area contributed by atoms with Crippen molar-refractivity contribution in [3.63, 3.8) is 0 Å². The highest BCUT2D eigenvalue weighted by atomic mass is 16.3. The average molecular weight is 677 g/mol. The minimum absolute atomic E-state index is 0.0668. The fraction of sp³-hybridized carbons (Fsp3) is 0.957. The van der Waals surface area contributed by atoms with Crippen LogP contribution in [-0.4, -0.2) is 22.4 Å². The Morgan fingerprint density at radius 3 is 0.896 bits per heavy atom. The van der Waals surface area contributed by atoms with Gasteiger partial charge in [0.15, 0.2) is 0 Å². The molecule has 0 unspecified atom stereocenters. The highest BCUT2D eigenvalue weighted by molar-refractivity contribution is 4.96. The predicted octanol–water partition coefficient (Wildman–Crippen LogP) is 15.8. The summed E-state index contributed by atoms with van der Waals surface area (Å²) in [4.78, 5) is 0. The minimum atomic E-state index is -0.290. The molecular weight excluding hydrogens is 585 g/mol. The minimum Gasteiger partial charge on any atom is -0.393 e. The van der Waals surface area contributed by atoms with Gasteiger partial charge in [-0.2, -0.15) is 0 Å². The first kappa shape index (κ1) is 47.7. The molecule has 0 spiro atoms. The average Bonchev–Trinajstić information content (AvgIpc) is 3.08. The monoisotopic (exact) mass is 677 g/mol. The summed E-state index contributed by atoms with van der Waals surface area (Å²) in [7, 11) is 0. The lowest BCUT2D eigenvalue weighted by Crippen LogP contribution is -2.19. The molecule has 2 N–H and O–H groups in total. The fourth-order valence-electron chi connectivity index (χ4n) is 7.62. The molecule has 0 fully saturated rings. The van der Waals surface area contributed by atoms with E-state index >= 15 is 0 Å². The first-order chi connectivity index (χ1) is 23.5. The number of hydrogen-bond donors (Lipinski definition) is 2. The van der Waals surface area contributed by atoms with E-state index in [9.17, 15) is 10.2 Å². The number of aliphatic hydroxyl groups excluding tert-OH is 2. The van der Waals surface area contributed by atoms with Crippen LogP contribution in [-0.2, 0) is 0 Å². The second-order valence-corrected chi connectivity index (χ2v) is 16.1. The van der Waals surface area contributed by atoms with Crippen LogP contribution < -0.4 is 0 Å². The lowest BCUT2D eigenvalue weighted by molar-refractivity contribution is 0.0872. The summed E-state index contributed by atoms with van der Waals surface area (Å²) in [5, 5.41) is 20.6. The molecule has 0 bridgehead atoms. The zero-order valence-electron chi connectivity index (χ0n) is 33.7. The van der Waals surface area contributed by atoms with Crippen LogP contribution in [0.2, 0.25) is 0 Å². The van der Waals surface area contributed by atoms with Crippen LogP contribution in [0.5, 0.6) is 0 Å². The van der Waals surface area contributed by atoms with Crippen molar-refractivity contribution >= 4 is 0 Å². The normalized spacial score (nSPS) is 13.6. The number of unbranched alkanes of at least 4 members (excludes halogenated alkanes) is 32. The molecule has 2 nitrogen and oxygen atoms in total. The van der Waals surface area contributed by atoms with E-state index in [1.54, 1.807) is 0 Å². The first-order valence-corrected chi connectivity index (χ1v) is 22.5. The van der Waals surface area contributed by atoms with Crippen molar-refractivity contribution in [3.8, 4) is 0 Å². The molecule has 288 valence electrons. The molecule has 0 saturated heterocycles. The molecule has 0 rings (SSSR count).